The van der Waals surface area contributed by atoms with Gasteiger partial charge in [0.25, 0.3) is 0 Å². The van der Waals surface area contributed by atoms with E-state index in [1.165, 1.54) is 22.3 Å². The zero-order valence-electron chi connectivity index (χ0n) is 17.7. The number of ether oxygens (including phenoxy) is 1. The van der Waals surface area contributed by atoms with Crippen LogP contribution in [0.1, 0.15) is 34.7 Å². The maximum absolute atomic E-state index is 13.3. The van der Waals surface area contributed by atoms with Gasteiger partial charge in [-0.15, -0.1) is 11.3 Å². The highest BCUT2D eigenvalue weighted by Crippen LogP contribution is 2.34. The fourth-order valence-electron chi connectivity index (χ4n) is 3.81. The number of aryl methyl sites for hydroxylation is 1. The summed E-state index contributed by atoms with van der Waals surface area (Å²) >= 11 is 1.72. The highest BCUT2D eigenvalue weighted by Gasteiger charge is 2.33. The van der Waals surface area contributed by atoms with Crippen molar-refractivity contribution >= 4 is 23.2 Å². The van der Waals surface area contributed by atoms with Crippen molar-refractivity contribution in [2.24, 2.45) is 0 Å². The molecule has 0 N–H and O–H groups in total. The molecule has 0 aliphatic carbocycles. The second-order valence-electron chi connectivity index (χ2n) is 7.73. The lowest BCUT2D eigenvalue weighted by atomic mass is 10.0. The molecule has 0 fully saturated rings. The summed E-state index contributed by atoms with van der Waals surface area (Å²) in [4.78, 5) is 30.1. The Kier molecular flexibility index (Phi) is 6.42. The van der Waals surface area contributed by atoms with Crippen molar-refractivity contribution in [1.29, 1.82) is 0 Å². The molecule has 0 saturated heterocycles. The molecule has 31 heavy (non-hydrogen) atoms. The predicted molar refractivity (Wildman–Crippen MR) is 119 cm³/mol. The summed E-state index contributed by atoms with van der Waals surface area (Å²) in [6.45, 7) is 4.78. The second-order valence-corrected chi connectivity index (χ2v) is 8.73. The van der Waals surface area contributed by atoms with E-state index in [1.807, 2.05) is 36.1 Å². The largest absolute Gasteiger partial charge is 0.491 e. The number of hydrogen-bond donors (Lipinski definition) is 0. The summed E-state index contributed by atoms with van der Waals surface area (Å²) < 4.78 is 11.4. The van der Waals surface area contributed by atoms with Crippen LogP contribution in [0.15, 0.2) is 58.5 Å². The number of carbonyl (C=O) groups is 2. The summed E-state index contributed by atoms with van der Waals surface area (Å²) in [5.74, 6) is 1.19. The number of thiophene rings is 1. The summed E-state index contributed by atoms with van der Waals surface area (Å²) in [6, 6.07) is 13.4. The Labute approximate surface area is 186 Å². The van der Waals surface area contributed by atoms with Gasteiger partial charge in [0.05, 0.1) is 18.8 Å². The molecule has 0 bridgehead atoms. The van der Waals surface area contributed by atoms with Gasteiger partial charge < -0.3 is 19.0 Å². The maximum atomic E-state index is 13.3. The Balaban J connectivity index is 1.49. The minimum Gasteiger partial charge on any atom is -0.491 e. The number of benzene rings is 1. The van der Waals surface area contributed by atoms with Crippen molar-refractivity contribution in [2.75, 3.05) is 19.7 Å². The molecule has 1 aliphatic rings. The number of carbonyl (C=O) groups excluding carboxylic acids is 2. The number of hydrogen-bond acceptors (Lipinski definition) is 5. The van der Waals surface area contributed by atoms with E-state index in [0.717, 1.165) is 17.7 Å². The first-order valence-corrected chi connectivity index (χ1v) is 11.2. The highest BCUT2D eigenvalue weighted by molar-refractivity contribution is 7.10. The quantitative estimate of drug-likeness (QED) is 0.555. The van der Waals surface area contributed by atoms with Gasteiger partial charge in [-0.2, -0.15) is 0 Å². The Bertz CT molecular complexity index is 1030. The predicted octanol–water partition coefficient (Wildman–Crippen LogP) is 4.20. The van der Waals surface area contributed by atoms with E-state index in [1.54, 1.807) is 29.7 Å². The van der Waals surface area contributed by atoms with Gasteiger partial charge in [-0.25, -0.2) is 0 Å². The summed E-state index contributed by atoms with van der Waals surface area (Å²) in [7, 11) is 0. The Morgan fingerprint density at radius 1 is 1.23 bits per heavy atom. The molecule has 0 unspecified atom stereocenters. The molecule has 0 spiro atoms. The first kappa shape index (κ1) is 21.2. The molecule has 1 aliphatic heterocycles. The normalized spacial score (nSPS) is 15.4. The average Bonchev–Trinajstić information content (AvgIpc) is 3.44. The topological polar surface area (TPSA) is 63.0 Å². The van der Waals surface area contributed by atoms with Crippen LogP contribution in [0.2, 0.25) is 0 Å². The van der Waals surface area contributed by atoms with E-state index >= 15 is 0 Å². The molecule has 7 heteroatoms. The van der Waals surface area contributed by atoms with Crippen molar-refractivity contribution in [3.63, 3.8) is 0 Å². The van der Waals surface area contributed by atoms with Crippen LogP contribution in [0.25, 0.3) is 0 Å². The number of rotatable bonds is 7. The molecule has 0 saturated carbocycles. The first-order chi connectivity index (χ1) is 15.0. The van der Waals surface area contributed by atoms with Crippen molar-refractivity contribution < 1.29 is 18.7 Å². The summed E-state index contributed by atoms with van der Waals surface area (Å²) in [5.41, 5.74) is 2.31. The third kappa shape index (κ3) is 4.99. The van der Waals surface area contributed by atoms with Crippen LogP contribution in [0.5, 0.6) is 5.75 Å². The van der Waals surface area contributed by atoms with E-state index in [0.29, 0.717) is 18.9 Å². The Hall–Kier alpha value is -3.06. The molecule has 3 aromatic rings. The Morgan fingerprint density at radius 2 is 2.03 bits per heavy atom. The van der Waals surface area contributed by atoms with Crippen LogP contribution < -0.4 is 4.74 Å². The molecule has 6 nitrogen and oxygen atoms in total. The van der Waals surface area contributed by atoms with Crippen molar-refractivity contribution in [3.05, 3.63) is 75.9 Å². The third-order valence-corrected chi connectivity index (χ3v) is 6.54. The van der Waals surface area contributed by atoms with Crippen LogP contribution >= 0.6 is 11.3 Å². The van der Waals surface area contributed by atoms with E-state index in [2.05, 4.69) is 11.4 Å². The number of fused-ring (bicyclic) bond motifs is 1. The van der Waals surface area contributed by atoms with Crippen LogP contribution in [-0.4, -0.2) is 41.3 Å². The van der Waals surface area contributed by atoms with Crippen LogP contribution in [-0.2, 0) is 22.6 Å². The summed E-state index contributed by atoms with van der Waals surface area (Å²) in [6.07, 6.45) is 2.38. The van der Waals surface area contributed by atoms with Gasteiger partial charge in [-0.3, -0.25) is 9.59 Å². The van der Waals surface area contributed by atoms with Gasteiger partial charge >= 0.3 is 0 Å². The van der Waals surface area contributed by atoms with E-state index in [-0.39, 0.29) is 30.9 Å². The van der Waals surface area contributed by atoms with Crippen LogP contribution in [0.4, 0.5) is 0 Å². The lowest BCUT2D eigenvalue weighted by Gasteiger charge is -2.37. The van der Waals surface area contributed by atoms with Gasteiger partial charge in [0.2, 0.25) is 11.8 Å². The fraction of sp³-hybridized carbons (Fsp3) is 0.333. The zero-order chi connectivity index (χ0) is 21.8. The molecular weight excluding hydrogens is 412 g/mol. The van der Waals surface area contributed by atoms with Gasteiger partial charge in [0.1, 0.15) is 24.7 Å². The SMILES string of the molecule is CC(=O)N(CC(=O)N1CCc2sccc2[C@@H]1COc1ccc(C)cc1)Cc1ccco1. The molecule has 2 aromatic heterocycles. The minimum atomic E-state index is -0.179. The zero-order valence-corrected chi connectivity index (χ0v) is 18.6. The monoisotopic (exact) mass is 438 g/mol. The lowest BCUT2D eigenvalue weighted by molar-refractivity contribution is -0.142. The second kappa shape index (κ2) is 9.39. The van der Waals surface area contributed by atoms with Gasteiger partial charge in [0.15, 0.2) is 0 Å². The molecule has 1 aromatic carbocycles. The lowest BCUT2D eigenvalue weighted by Crippen LogP contribution is -2.47. The van der Waals surface area contributed by atoms with Crippen LogP contribution in [0.3, 0.4) is 0 Å². The van der Waals surface area contributed by atoms with Gasteiger partial charge in [-0.1, -0.05) is 17.7 Å². The molecule has 3 heterocycles. The Morgan fingerprint density at radius 3 is 2.74 bits per heavy atom. The number of amides is 2. The van der Waals surface area contributed by atoms with Gasteiger partial charge in [0, 0.05) is 18.3 Å². The molecule has 2 amide bonds. The minimum absolute atomic E-state index is 0.0105. The molecular formula is C24H26N2O4S. The molecule has 1 atom stereocenters. The number of furan rings is 1. The van der Waals surface area contributed by atoms with Crippen molar-refractivity contribution in [2.45, 2.75) is 32.9 Å². The molecule has 162 valence electrons. The maximum Gasteiger partial charge on any atom is 0.242 e. The smallest absolute Gasteiger partial charge is 0.242 e. The van der Waals surface area contributed by atoms with E-state index < -0.39 is 0 Å². The third-order valence-electron chi connectivity index (χ3n) is 5.54. The van der Waals surface area contributed by atoms with Crippen LogP contribution in [0, 0.1) is 6.92 Å². The summed E-state index contributed by atoms with van der Waals surface area (Å²) in [5, 5.41) is 2.07. The van der Waals surface area contributed by atoms with E-state index in [9.17, 15) is 9.59 Å². The molecule has 0 radical (unpaired) electrons. The number of nitrogens with zero attached hydrogens (tertiary/aromatic N) is 2. The van der Waals surface area contributed by atoms with Crippen molar-refractivity contribution in [3.8, 4) is 5.75 Å². The fourth-order valence-corrected chi connectivity index (χ4v) is 4.74. The van der Waals surface area contributed by atoms with E-state index in [4.69, 9.17) is 9.15 Å². The van der Waals surface area contributed by atoms with Gasteiger partial charge in [-0.05, 0) is 54.6 Å². The molecule has 4 rings (SSSR count). The average molecular weight is 439 g/mol. The first-order valence-electron chi connectivity index (χ1n) is 10.3. The standard InChI is InChI=1S/C24H26N2O4S/c1-17-5-7-19(8-6-17)30-16-22-21-10-13-31-23(21)9-11-26(22)24(28)15-25(18(2)27)14-20-4-3-12-29-20/h3-8,10,12-13,22H,9,11,14-16H2,1-2H3/t22-/m0/s1. The highest BCUT2D eigenvalue weighted by atomic mass is 32.1. The van der Waals surface area contributed by atoms with Crippen molar-refractivity contribution in [1.82, 2.24) is 9.80 Å².